The number of rotatable bonds is 9. The van der Waals surface area contributed by atoms with Crippen LogP contribution >= 0.6 is 0 Å². The van der Waals surface area contributed by atoms with Crippen molar-refractivity contribution in [1.29, 1.82) is 0 Å². The van der Waals surface area contributed by atoms with Crippen LogP contribution in [0.15, 0.2) is 12.7 Å². The molecule has 0 saturated carbocycles. The summed E-state index contributed by atoms with van der Waals surface area (Å²) >= 11 is 0. The Labute approximate surface area is 137 Å². The summed E-state index contributed by atoms with van der Waals surface area (Å²) in [6.45, 7) is 3.66. The van der Waals surface area contributed by atoms with Gasteiger partial charge in [0, 0.05) is 6.42 Å². The van der Waals surface area contributed by atoms with E-state index >= 15 is 0 Å². The molecule has 8 heteroatoms. The van der Waals surface area contributed by atoms with Gasteiger partial charge in [0.2, 0.25) is 0 Å². The first kappa shape index (κ1) is 24.1. The van der Waals surface area contributed by atoms with Gasteiger partial charge in [-0.3, -0.25) is 13.9 Å². The van der Waals surface area contributed by atoms with Gasteiger partial charge in [-0.25, -0.2) is 0 Å². The minimum absolute atomic E-state index is 0. The van der Waals surface area contributed by atoms with E-state index in [0.717, 1.165) is 19.3 Å². The van der Waals surface area contributed by atoms with Crippen LogP contribution in [-0.2, 0) is 15.2 Å². The van der Waals surface area contributed by atoms with Crippen LogP contribution in [0.1, 0.15) is 51.4 Å². The molecule has 0 aliphatic heterocycles. The molecule has 0 heterocycles. The zero-order valence-electron chi connectivity index (χ0n) is 10.4. The standard InChI is InChI=1S/C11H20O2.Na.H2O4S.H/c1-2-3-4-5-6-7-8-9-10-11(12)13;;1-5(2,3)4;/h2H,1,3-10H2,(H,12,13);;(H2,1,2,3,4);. The molecule has 0 aliphatic carbocycles. The Morgan fingerprint density at radius 1 is 1.00 bits per heavy atom. The van der Waals surface area contributed by atoms with Crippen molar-refractivity contribution in [1.82, 2.24) is 0 Å². The van der Waals surface area contributed by atoms with Crippen molar-refractivity contribution in [3.8, 4) is 0 Å². The third kappa shape index (κ3) is 46.0. The van der Waals surface area contributed by atoms with Crippen molar-refractivity contribution >= 4 is 45.9 Å². The van der Waals surface area contributed by atoms with Crippen LogP contribution in [0.3, 0.4) is 0 Å². The second-order valence-corrected chi connectivity index (χ2v) is 4.69. The topological polar surface area (TPSA) is 112 Å². The molecule has 0 amide bonds. The Morgan fingerprint density at radius 2 is 1.37 bits per heavy atom. The number of aliphatic carboxylic acids is 1. The van der Waals surface area contributed by atoms with E-state index in [1.165, 1.54) is 25.7 Å². The molecule has 0 aromatic heterocycles. The van der Waals surface area contributed by atoms with Crippen molar-refractivity contribution in [2.24, 2.45) is 0 Å². The summed E-state index contributed by atoms with van der Waals surface area (Å²) in [6.07, 6.45) is 10.1. The number of hydrogen-bond acceptors (Lipinski definition) is 3. The van der Waals surface area contributed by atoms with Crippen LogP contribution in [0.2, 0.25) is 0 Å². The van der Waals surface area contributed by atoms with E-state index in [0.29, 0.717) is 6.42 Å². The summed E-state index contributed by atoms with van der Waals surface area (Å²) in [7, 11) is -4.67. The van der Waals surface area contributed by atoms with Gasteiger partial charge in [-0.05, 0) is 19.3 Å². The molecule has 0 aromatic carbocycles. The number of unbranched alkanes of at least 4 members (excludes halogenated alkanes) is 6. The van der Waals surface area contributed by atoms with E-state index < -0.39 is 16.4 Å². The summed E-state index contributed by atoms with van der Waals surface area (Å²) in [4.78, 5) is 10.2. The molecule has 0 rings (SSSR count). The first-order valence-electron chi connectivity index (χ1n) is 5.80. The van der Waals surface area contributed by atoms with E-state index in [9.17, 15) is 4.79 Å². The fraction of sp³-hybridized carbons (Fsp3) is 0.727. The molecule has 19 heavy (non-hydrogen) atoms. The average molecular weight is 306 g/mol. The number of carboxylic acids is 1. The number of hydrogen-bond donors (Lipinski definition) is 3. The summed E-state index contributed by atoms with van der Waals surface area (Å²) < 4.78 is 31.6. The van der Waals surface area contributed by atoms with Gasteiger partial charge in [0.1, 0.15) is 0 Å². The third-order valence-electron chi connectivity index (χ3n) is 2.05. The van der Waals surface area contributed by atoms with Crippen LogP contribution in [0.4, 0.5) is 0 Å². The second-order valence-electron chi connectivity index (χ2n) is 3.79. The molecule has 0 aromatic rings. The predicted molar refractivity (Wildman–Crippen MR) is 76.1 cm³/mol. The van der Waals surface area contributed by atoms with Crippen molar-refractivity contribution in [3.05, 3.63) is 12.7 Å². The van der Waals surface area contributed by atoms with E-state index in [1.807, 2.05) is 6.08 Å². The van der Waals surface area contributed by atoms with Gasteiger partial charge in [0.15, 0.2) is 0 Å². The van der Waals surface area contributed by atoms with Crippen molar-refractivity contribution < 1.29 is 27.4 Å². The molecule has 0 bridgehead atoms. The van der Waals surface area contributed by atoms with Crippen LogP contribution in [0.25, 0.3) is 0 Å². The molecule has 3 N–H and O–H groups in total. The normalized spacial score (nSPS) is 9.79. The fourth-order valence-corrected chi connectivity index (χ4v) is 1.27. The molecule has 0 atom stereocenters. The Morgan fingerprint density at radius 3 is 1.74 bits per heavy atom. The van der Waals surface area contributed by atoms with E-state index in [-0.39, 0.29) is 29.6 Å². The molecule has 0 fully saturated rings. The first-order chi connectivity index (χ1) is 8.27. The molecular weight excluding hydrogens is 283 g/mol. The molecule has 0 radical (unpaired) electrons. The third-order valence-corrected chi connectivity index (χ3v) is 2.05. The van der Waals surface area contributed by atoms with E-state index in [1.54, 1.807) is 0 Å². The Hall–Kier alpha value is 0.0800. The maximum atomic E-state index is 10.2. The number of allylic oxidation sites excluding steroid dienone is 1. The van der Waals surface area contributed by atoms with Gasteiger partial charge in [-0.15, -0.1) is 6.58 Å². The monoisotopic (exact) mass is 306 g/mol. The Kier molecular flexibility index (Phi) is 20.5. The Balaban J connectivity index is -0.000000366. The molecule has 6 nitrogen and oxygen atoms in total. The molecule has 0 spiro atoms. The van der Waals surface area contributed by atoms with Crippen molar-refractivity contribution in [3.63, 3.8) is 0 Å². The number of carboxylic acid groups (broad SMARTS) is 1. The van der Waals surface area contributed by atoms with Crippen molar-refractivity contribution in [2.75, 3.05) is 0 Å². The SMILES string of the molecule is C=CCCCCCCCCC(=O)O.O=S(=O)(O)O.[NaH]. The molecular formula is C11H23NaO6S. The number of carbonyl (C=O) groups is 1. The summed E-state index contributed by atoms with van der Waals surface area (Å²) in [6, 6.07) is 0. The van der Waals surface area contributed by atoms with E-state index in [2.05, 4.69) is 6.58 Å². The fourth-order valence-electron chi connectivity index (χ4n) is 1.27. The second kappa shape index (κ2) is 16.1. The average Bonchev–Trinajstić information content (AvgIpc) is 2.19. The summed E-state index contributed by atoms with van der Waals surface area (Å²) in [5.41, 5.74) is 0. The molecule has 0 unspecified atom stereocenters. The van der Waals surface area contributed by atoms with Gasteiger partial charge in [0.25, 0.3) is 0 Å². The van der Waals surface area contributed by atoms with Gasteiger partial charge in [0.05, 0.1) is 0 Å². The Bertz CT molecular complexity index is 307. The zero-order chi connectivity index (χ0) is 14.4. The zero-order valence-corrected chi connectivity index (χ0v) is 11.2. The van der Waals surface area contributed by atoms with Crippen LogP contribution in [0, 0.1) is 0 Å². The van der Waals surface area contributed by atoms with Gasteiger partial charge >= 0.3 is 45.9 Å². The van der Waals surface area contributed by atoms with E-state index in [4.69, 9.17) is 22.6 Å². The van der Waals surface area contributed by atoms with Crippen LogP contribution in [-0.4, -0.2) is 58.2 Å². The first-order valence-corrected chi connectivity index (χ1v) is 7.19. The van der Waals surface area contributed by atoms with Gasteiger partial charge < -0.3 is 5.11 Å². The molecule has 0 aliphatic rings. The van der Waals surface area contributed by atoms with Gasteiger partial charge in [-0.2, -0.15) is 8.42 Å². The van der Waals surface area contributed by atoms with Crippen LogP contribution in [0.5, 0.6) is 0 Å². The van der Waals surface area contributed by atoms with Crippen LogP contribution < -0.4 is 0 Å². The molecule has 110 valence electrons. The van der Waals surface area contributed by atoms with Crippen molar-refractivity contribution in [2.45, 2.75) is 51.4 Å². The summed E-state index contributed by atoms with van der Waals surface area (Å²) in [5.74, 6) is -0.674. The minimum atomic E-state index is -4.67. The predicted octanol–water partition coefficient (Wildman–Crippen LogP) is 2.08. The van der Waals surface area contributed by atoms with Gasteiger partial charge in [-0.1, -0.05) is 31.8 Å². The summed E-state index contributed by atoms with van der Waals surface area (Å²) in [5, 5.41) is 8.38. The quantitative estimate of drug-likeness (QED) is 0.260. The maximum absolute atomic E-state index is 10.2. The molecule has 0 saturated heterocycles.